The number of amides is 1. The minimum atomic E-state index is 0.0535. The minimum absolute atomic E-state index is 0.0535. The van der Waals surface area contributed by atoms with Gasteiger partial charge in [-0.25, -0.2) is 0 Å². The SMILES string of the molecule is C[C@@H]1CNC[C@H]1C(=O)N1CCCCCC1CO. The summed E-state index contributed by atoms with van der Waals surface area (Å²) >= 11 is 0. The van der Waals surface area contributed by atoms with E-state index in [0.29, 0.717) is 5.92 Å². The molecule has 4 nitrogen and oxygen atoms in total. The fraction of sp³-hybridized carbons (Fsp3) is 0.923. The number of aliphatic hydroxyl groups excluding tert-OH is 1. The van der Waals surface area contributed by atoms with Gasteiger partial charge in [-0.2, -0.15) is 0 Å². The first-order valence-corrected chi connectivity index (χ1v) is 6.86. The van der Waals surface area contributed by atoms with Crippen molar-refractivity contribution < 1.29 is 9.90 Å². The van der Waals surface area contributed by atoms with Crippen LogP contribution in [0, 0.1) is 11.8 Å². The van der Waals surface area contributed by atoms with Crippen molar-refractivity contribution in [2.45, 2.75) is 38.6 Å². The van der Waals surface area contributed by atoms with Gasteiger partial charge in [-0.15, -0.1) is 0 Å². The molecule has 2 rings (SSSR count). The Morgan fingerprint density at radius 3 is 2.82 bits per heavy atom. The molecule has 0 radical (unpaired) electrons. The number of nitrogens with zero attached hydrogens (tertiary/aromatic N) is 1. The van der Waals surface area contributed by atoms with Crippen LogP contribution in [0.3, 0.4) is 0 Å². The molecule has 2 saturated heterocycles. The number of rotatable bonds is 2. The summed E-state index contributed by atoms with van der Waals surface area (Å²) in [7, 11) is 0. The van der Waals surface area contributed by atoms with Crippen LogP contribution in [0.15, 0.2) is 0 Å². The lowest BCUT2D eigenvalue weighted by Gasteiger charge is -2.31. The van der Waals surface area contributed by atoms with Gasteiger partial charge in [0.2, 0.25) is 5.91 Å². The van der Waals surface area contributed by atoms with Crippen molar-refractivity contribution in [1.29, 1.82) is 0 Å². The van der Waals surface area contributed by atoms with Crippen LogP contribution in [0.2, 0.25) is 0 Å². The molecule has 1 amide bonds. The van der Waals surface area contributed by atoms with Gasteiger partial charge in [0.05, 0.1) is 18.6 Å². The molecular weight excluding hydrogens is 216 g/mol. The Morgan fingerprint density at radius 1 is 1.35 bits per heavy atom. The van der Waals surface area contributed by atoms with E-state index in [1.54, 1.807) is 0 Å². The lowest BCUT2D eigenvalue weighted by atomic mass is 9.95. The molecule has 0 aliphatic carbocycles. The Morgan fingerprint density at radius 2 is 2.18 bits per heavy atom. The van der Waals surface area contributed by atoms with E-state index in [4.69, 9.17) is 0 Å². The standard InChI is InChI=1S/C13H24N2O2/c1-10-7-14-8-12(10)13(17)15-6-4-2-3-5-11(15)9-16/h10-12,14,16H,2-9H2,1H3/t10-,11?,12-/m1/s1. The van der Waals surface area contributed by atoms with Crippen LogP contribution in [-0.2, 0) is 4.79 Å². The molecule has 0 bridgehead atoms. The highest BCUT2D eigenvalue weighted by molar-refractivity contribution is 5.80. The summed E-state index contributed by atoms with van der Waals surface area (Å²) in [5.41, 5.74) is 0. The number of hydrogen-bond donors (Lipinski definition) is 2. The molecule has 3 atom stereocenters. The molecule has 0 aromatic carbocycles. The Kier molecular flexibility index (Phi) is 4.40. The molecule has 17 heavy (non-hydrogen) atoms. The van der Waals surface area contributed by atoms with E-state index in [9.17, 15) is 9.90 Å². The first-order valence-electron chi connectivity index (χ1n) is 6.86. The Hall–Kier alpha value is -0.610. The highest BCUT2D eigenvalue weighted by atomic mass is 16.3. The number of carbonyl (C=O) groups is 1. The number of nitrogens with one attached hydrogen (secondary N) is 1. The summed E-state index contributed by atoms with van der Waals surface area (Å²) in [5, 5.41) is 12.7. The first kappa shape index (κ1) is 12.8. The molecule has 0 aromatic heterocycles. The molecule has 0 aromatic rings. The first-order chi connectivity index (χ1) is 8.24. The van der Waals surface area contributed by atoms with Crippen molar-refractivity contribution in [2.24, 2.45) is 11.8 Å². The average Bonchev–Trinajstić information content (AvgIpc) is 2.64. The maximum atomic E-state index is 12.5. The van der Waals surface area contributed by atoms with Gasteiger partial charge in [-0.3, -0.25) is 4.79 Å². The van der Waals surface area contributed by atoms with Gasteiger partial charge in [0.15, 0.2) is 0 Å². The predicted octanol–water partition coefficient (Wildman–Crippen LogP) is 0.605. The third kappa shape index (κ3) is 2.80. The zero-order valence-corrected chi connectivity index (χ0v) is 10.7. The second-order valence-electron chi connectivity index (χ2n) is 5.46. The average molecular weight is 240 g/mol. The molecule has 2 fully saturated rings. The third-order valence-corrected chi connectivity index (χ3v) is 4.21. The van der Waals surface area contributed by atoms with E-state index < -0.39 is 0 Å². The lowest BCUT2D eigenvalue weighted by Crippen LogP contribution is -2.46. The van der Waals surface area contributed by atoms with Gasteiger partial charge >= 0.3 is 0 Å². The maximum Gasteiger partial charge on any atom is 0.227 e. The molecule has 2 heterocycles. The van der Waals surface area contributed by atoms with Gasteiger partial charge in [-0.1, -0.05) is 19.8 Å². The number of likely N-dealkylation sites (tertiary alicyclic amines) is 1. The van der Waals surface area contributed by atoms with Crippen LogP contribution in [0.4, 0.5) is 0 Å². The van der Waals surface area contributed by atoms with Crippen molar-refractivity contribution in [3.05, 3.63) is 0 Å². The Bertz CT molecular complexity index is 270. The Balaban J connectivity index is 2.04. The minimum Gasteiger partial charge on any atom is -0.394 e. The van der Waals surface area contributed by atoms with E-state index in [1.807, 2.05) is 4.90 Å². The highest BCUT2D eigenvalue weighted by Crippen LogP contribution is 2.23. The van der Waals surface area contributed by atoms with Crippen LogP contribution in [0.25, 0.3) is 0 Å². The molecule has 2 N–H and O–H groups in total. The highest BCUT2D eigenvalue weighted by Gasteiger charge is 2.35. The van der Waals surface area contributed by atoms with Crippen LogP contribution < -0.4 is 5.32 Å². The molecule has 2 aliphatic heterocycles. The molecule has 1 unspecified atom stereocenters. The zero-order chi connectivity index (χ0) is 12.3. The summed E-state index contributed by atoms with van der Waals surface area (Å²) in [5.74, 6) is 0.788. The summed E-state index contributed by atoms with van der Waals surface area (Å²) in [4.78, 5) is 14.5. The van der Waals surface area contributed by atoms with Crippen molar-refractivity contribution >= 4 is 5.91 Å². The van der Waals surface area contributed by atoms with Crippen LogP contribution >= 0.6 is 0 Å². The van der Waals surface area contributed by atoms with Gasteiger partial charge in [0, 0.05) is 13.1 Å². The van der Waals surface area contributed by atoms with Gasteiger partial charge in [0.25, 0.3) is 0 Å². The quantitative estimate of drug-likeness (QED) is 0.743. The second kappa shape index (κ2) is 5.83. The molecule has 4 heteroatoms. The van der Waals surface area contributed by atoms with Crippen LogP contribution in [0.5, 0.6) is 0 Å². The van der Waals surface area contributed by atoms with Crippen molar-refractivity contribution in [3.8, 4) is 0 Å². The topological polar surface area (TPSA) is 52.6 Å². The summed E-state index contributed by atoms with van der Waals surface area (Å²) in [6.07, 6.45) is 4.35. The molecule has 0 spiro atoms. The van der Waals surface area contributed by atoms with Crippen molar-refractivity contribution in [3.63, 3.8) is 0 Å². The fourth-order valence-corrected chi connectivity index (χ4v) is 3.01. The number of hydrogen-bond acceptors (Lipinski definition) is 3. The molecule has 98 valence electrons. The van der Waals surface area contributed by atoms with Crippen molar-refractivity contribution in [2.75, 3.05) is 26.2 Å². The summed E-state index contributed by atoms with van der Waals surface area (Å²) in [6.45, 7) is 4.81. The normalized spacial score (nSPS) is 34.7. The van der Waals surface area contributed by atoms with Gasteiger partial charge in [-0.05, 0) is 25.3 Å². The maximum absolute atomic E-state index is 12.5. The zero-order valence-electron chi connectivity index (χ0n) is 10.7. The summed E-state index contributed by atoms with van der Waals surface area (Å²) in [6, 6.07) is 0.0535. The summed E-state index contributed by atoms with van der Waals surface area (Å²) < 4.78 is 0. The largest absolute Gasteiger partial charge is 0.394 e. The third-order valence-electron chi connectivity index (χ3n) is 4.21. The van der Waals surface area contributed by atoms with E-state index in [0.717, 1.165) is 38.9 Å². The molecular formula is C13H24N2O2. The number of aliphatic hydroxyl groups is 1. The smallest absolute Gasteiger partial charge is 0.227 e. The molecule has 2 aliphatic rings. The van der Waals surface area contributed by atoms with E-state index >= 15 is 0 Å². The van der Waals surface area contributed by atoms with Crippen LogP contribution in [0.1, 0.15) is 32.6 Å². The lowest BCUT2D eigenvalue weighted by molar-refractivity contribution is -0.139. The second-order valence-corrected chi connectivity index (χ2v) is 5.46. The van der Waals surface area contributed by atoms with Crippen LogP contribution in [-0.4, -0.2) is 48.2 Å². The van der Waals surface area contributed by atoms with E-state index in [2.05, 4.69) is 12.2 Å². The van der Waals surface area contributed by atoms with E-state index in [-0.39, 0.29) is 24.5 Å². The fourth-order valence-electron chi connectivity index (χ4n) is 3.01. The van der Waals surface area contributed by atoms with Gasteiger partial charge in [0.1, 0.15) is 0 Å². The number of carbonyl (C=O) groups excluding carboxylic acids is 1. The monoisotopic (exact) mass is 240 g/mol. The van der Waals surface area contributed by atoms with Crippen molar-refractivity contribution in [1.82, 2.24) is 10.2 Å². The Labute approximate surface area is 103 Å². The van der Waals surface area contributed by atoms with Gasteiger partial charge < -0.3 is 15.3 Å². The van der Waals surface area contributed by atoms with E-state index in [1.165, 1.54) is 6.42 Å². The predicted molar refractivity (Wildman–Crippen MR) is 66.6 cm³/mol. The molecule has 0 saturated carbocycles.